The summed E-state index contributed by atoms with van der Waals surface area (Å²) in [5, 5.41) is 2.04. The first-order chi connectivity index (χ1) is 25.5. The topological polar surface area (TPSA) is 51.8 Å². The molecule has 0 radical (unpaired) electrons. The van der Waals surface area contributed by atoms with Crippen molar-refractivity contribution in [3.63, 3.8) is 0 Å². The Morgan fingerprint density at radius 3 is 1.34 bits per heavy atom. The van der Waals surface area contributed by atoms with Crippen molar-refractivity contribution < 1.29 is 4.42 Å². The molecule has 0 saturated heterocycles. The highest BCUT2D eigenvalue weighted by Gasteiger charge is 2.23. The number of hydrogen-bond donors (Lipinski definition) is 0. The van der Waals surface area contributed by atoms with E-state index in [9.17, 15) is 0 Å². The third-order valence-electron chi connectivity index (χ3n) is 12.1. The summed E-state index contributed by atoms with van der Waals surface area (Å²) in [5.74, 6) is 2.04. The van der Waals surface area contributed by atoms with Gasteiger partial charge in [0.25, 0.3) is 0 Å². The number of aromatic nitrogens is 3. The van der Waals surface area contributed by atoms with Gasteiger partial charge in [-0.2, -0.15) is 0 Å². The van der Waals surface area contributed by atoms with Crippen LogP contribution in [-0.4, -0.2) is 93.4 Å². The van der Waals surface area contributed by atoms with E-state index in [4.69, 9.17) is 19.4 Å². The van der Waals surface area contributed by atoms with Gasteiger partial charge in [-0.3, -0.25) is 0 Å². The summed E-state index contributed by atoms with van der Waals surface area (Å²) in [6.07, 6.45) is 0. The number of para-hydroxylation sites is 1. The Balaban J connectivity index is 1.38. The molecular weight excluding hydrogens is 635 g/mol. The third-order valence-corrected chi connectivity index (χ3v) is 12.1. The summed E-state index contributed by atoms with van der Waals surface area (Å²) in [4.78, 5) is 16.0. The van der Waals surface area contributed by atoms with Crippen LogP contribution < -0.4 is 54.6 Å². The van der Waals surface area contributed by atoms with Crippen LogP contribution in [0.2, 0.25) is 0 Å². The normalized spacial score (nSPS) is 11.4. The second-order valence-corrected chi connectivity index (χ2v) is 14.7. The number of rotatable bonds is 5. The summed E-state index contributed by atoms with van der Waals surface area (Å²) >= 11 is 0. The van der Waals surface area contributed by atoms with Crippen LogP contribution in [0.5, 0.6) is 0 Å². The van der Waals surface area contributed by atoms with Crippen LogP contribution in [0.3, 0.4) is 0 Å². The van der Waals surface area contributed by atoms with Gasteiger partial charge in [-0.05, 0) is 22.8 Å². The van der Waals surface area contributed by atoms with Crippen LogP contribution in [0.25, 0.3) is 78.4 Å². The van der Waals surface area contributed by atoms with Gasteiger partial charge in [0.1, 0.15) is 89.6 Å². The van der Waals surface area contributed by atoms with Crippen LogP contribution in [-0.2, 0) is 0 Å². The zero-order chi connectivity index (χ0) is 37.3. The van der Waals surface area contributed by atoms with Crippen molar-refractivity contribution in [3.05, 3.63) is 91.0 Å². The Labute approximate surface area is 320 Å². The zero-order valence-corrected chi connectivity index (χ0v) is 32.4. The van der Waals surface area contributed by atoms with Crippen molar-refractivity contribution in [2.75, 3.05) is 0 Å². The molecule has 0 atom stereocenters. The van der Waals surface area contributed by atoms with Crippen molar-refractivity contribution in [1.29, 1.82) is 0 Å². The number of nitrogens with zero attached hydrogens (tertiary/aromatic N) is 3. The van der Waals surface area contributed by atoms with Gasteiger partial charge in [0, 0.05) is 33.0 Å². The zero-order valence-electron chi connectivity index (χ0n) is 32.4. The second-order valence-electron chi connectivity index (χ2n) is 14.7. The van der Waals surface area contributed by atoms with E-state index in [0.29, 0.717) is 17.5 Å². The monoisotopic (exact) mass is 671 g/mol. The lowest BCUT2D eigenvalue weighted by Gasteiger charge is -2.22. The highest BCUT2D eigenvalue weighted by atomic mass is 16.3. The smallest absolute Gasteiger partial charge is 0.164 e. The van der Waals surface area contributed by atoms with Gasteiger partial charge in [0.2, 0.25) is 0 Å². The van der Waals surface area contributed by atoms with E-state index >= 15 is 0 Å². The fourth-order valence-corrected chi connectivity index (χ4v) is 8.13. The largest absolute Gasteiger partial charge is 0.455 e. The van der Waals surface area contributed by atoms with Crippen LogP contribution in [0.15, 0.2) is 95.4 Å². The lowest BCUT2D eigenvalue weighted by Crippen LogP contribution is -2.55. The van der Waals surface area contributed by atoms with Gasteiger partial charge in [-0.1, -0.05) is 107 Å². The SMILES string of the molecule is Bc1c(B)c(B)c(-c2nc(-c3c(B)c(B)c(B)c(B)c3B)nc(-c3cccc4oc5c(-c6ccc(-c7ccccc7)cc6)cccc5c34)n2)c(B)c1B. The molecule has 0 fully saturated rings. The quantitative estimate of drug-likeness (QED) is 0.171. The molecule has 0 N–H and O–H groups in total. The van der Waals surface area contributed by atoms with Crippen molar-refractivity contribution in [1.82, 2.24) is 15.0 Å². The van der Waals surface area contributed by atoms with Crippen LogP contribution in [0, 0.1) is 0 Å². The Bertz CT molecular complexity index is 2640. The van der Waals surface area contributed by atoms with E-state index in [1.165, 1.54) is 65.8 Å². The van der Waals surface area contributed by atoms with Crippen molar-refractivity contribution in [3.8, 4) is 56.4 Å². The Hall–Kier alpha value is -5.22. The number of benzene rings is 6. The summed E-state index contributed by atoms with van der Waals surface area (Å²) in [5.41, 5.74) is 21.8. The molecule has 0 spiro atoms. The fourth-order valence-electron chi connectivity index (χ4n) is 8.13. The van der Waals surface area contributed by atoms with E-state index in [2.05, 4.69) is 151 Å². The minimum absolute atomic E-state index is 0.639. The maximum atomic E-state index is 6.74. The summed E-state index contributed by atoms with van der Waals surface area (Å²) in [6.45, 7) is 0. The Morgan fingerprint density at radius 2 is 0.792 bits per heavy atom. The average molecular weight is 670 g/mol. The predicted molar refractivity (Wildman–Crippen MR) is 256 cm³/mol. The molecule has 53 heavy (non-hydrogen) atoms. The molecular formula is C39H35B10N3O. The lowest BCUT2D eigenvalue weighted by molar-refractivity contribution is 0.670. The molecule has 6 aromatic carbocycles. The highest BCUT2D eigenvalue weighted by Crippen LogP contribution is 2.40. The van der Waals surface area contributed by atoms with Crippen LogP contribution in [0.1, 0.15) is 0 Å². The first kappa shape index (κ1) is 34.8. The second kappa shape index (κ2) is 13.3. The van der Waals surface area contributed by atoms with E-state index in [1.807, 2.05) is 18.2 Å². The van der Waals surface area contributed by atoms with Crippen molar-refractivity contribution in [2.24, 2.45) is 0 Å². The van der Waals surface area contributed by atoms with E-state index in [-0.39, 0.29) is 0 Å². The van der Waals surface area contributed by atoms with Gasteiger partial charge in [-0.15, -0.1) is 32.8 Å². The number of furan rings is 1. The molecule has 2 heterocycles. The van der Waals surface area contributed by atoms with E-state index in [0.717, 1.165) is 49.8 Å². The molecule has 0 aliphatic rings. The lowest BCUT2D eigenvalue weighted by atomic mass is 9.60. The maximum Gasteiger partial charge on any atom is 0.164 e. The first-order valence-corrected chi connectivity index (χ1v) is 18.5. The molecule has 14 heteroatoms. The Morgan fingerprint density at radius 1 is 0.358 bits per heavy atom. The molecule has 0 saturated carbocycles. The predicted octanol–water partition coefficient (Wildman–Crippen LogP) is -7.31. The van der Waals surface area contributed by atoms with Gasteiger partial charge < -0.3 is 4.42 Å². The molecule has 4 nitrogen and oxygen atoms in total. The summed E-state index contributed by atoms with van der Waals surface area (Å²) in [7, 11) is 22.0. The van der Waals surface area contributed by atoms with Gasteiger partial charge in [0.15, 0.2) is 17.5 Å². The third kappa shape index (κ3) is 5.66. The number of hydrogen-bond acceptors (Lipinski definition) is 4. The molecule has 0 aliphatic heterocycles. The molecule has 0 bridgehead atoms. The van der Waals surface area contributed by atoms with E-state index in [1.54, 1.807) is 0 Å². The number of fused-ring (bicyclic) bond motifs is 3. The molecule has 8 aromatic rings. The Kier molecular flexibility index (Phi) is 8.76. The average Bonchev–Trinajstić information content (AvgIpc) is 3.58. The maximum absolute atomic E-state index is 6.74. The summed E-state index contributed by atoms with van der Waals surface area (Å²) in [6, 6.07) is 31.8. The van der Waals surface area contributed by atoms with Gasteiger partial charge >= 0.3 is 0 Å². The van der Waals surface area contributed by atoms with Gasteiger partial charge in [0.05, 0.1) is 0 Å². The molecule has 0 aliphatic carbocycles. The van der Waals surface area contributed by atoms with Crippen molar-refractivity contribution >= 4 is 155 Å². The standard InChI is InChI=1S/C39H35B10N3O/c40-26-24(27(41)31(45)34(48)30(26)44)38-50-37(51-39(52-38)25-28(42)32(46)35(49)33(47)29(25)43)21-10-5-11-22-23(21)20-9-4-8-19(36(20)53-22)18-14-12-17(13-15-18)16-6-2-1-3-7-16/h1-15H,40-49H2. The summed E-state index contributed by atoms with van der Waals surface area (Å²) < 4.78 is 6.74. The molecule has 2 aromatic heterocycles. The van der Waals surface area contributed by atoms with Gasteiger partial charge in [-0.25, -0.2) is 15.0 Å². The van der Waals surface area contributed by atoms with E-state index < -0.39 is 0 Å². The molecule has 242 valence electrons. The first-order valence-electron chi connectivity index (χ1n) is 18.5. The molecule has 0 amide bonds. The minimum atomic E-state index is 0.639. The highest BCUT2D eigenvalue weighted by molar-refractivity contribution is 6.69. The minimum Gasteiger partial charge on any atom is -0.455 e. The van der Waals surface area contributed by atoms with Crippen molar-refractivity contribution in [2.45, 2.75) is 0 Å². The molecule has 8 rings (SSSR count). The fraction of sp³-hybridized carbons (Fsp3) is 0. The van der Waals surface area contributed by atoms with Crippen LogP contribution >= 0.6 is 0 Å². The molecule has 0 unspecified atom stereocenters. The van der Waals surface area contributed by atoms with Crippen LogP contribution in [0.4, 0.5) is 0 Å².